The summed E-state index contributed by atoms with van der Waals surface area (Å²) >= 11 is 6.61. The Morgan fingerprint density at radius 3 is 2.67 bits per heavy atom. The molecule has 3 aromatic rings. The van der Waals surface area contributed by atoms with Crippen LogP contribution in [-0.4, -0.2) is 78.3 Å². The van der Waals surface area contributed by atoms with Crippen molar-refractivity contribution in [1.82, 2.24) is 25.8 Å². The van der Waals surface area contributed by atoms with E-state index in [9.17, 15) is 13.9 Å². The molecule has 1 aliphatic heterocycles. The number of alkyl halides is 2. The highest BCUT2D eigenvalue weighted by Gasteiger charge is 2.28. The summed E-state index contributed by atoms with van der Waals surface area (Å²) in [5, 5.41) is 28.4. The van der Waals surface area contributed by atoms with E-state index in [0.717, 1.165) is 11.1 Å². The number of aryl methyl sites for hydroxylation is 2. The average molecular weight is 576 g/mol. The molecular weight excluding hydrogens is 544 g/mol. The SMILES string of the molecule is CNC[C@@H](O)COc1ccc(Cl)c(-c2nc(-c3c(C)noc3C)c(C)c(N3CC(=N)/C(=C\NCC(F)F)C3)n2)c1. The summed E-state index contributed by atoms with van der Waals surface area (Å²) in [5.74, 6) is 1.96. The third-order valence-corrected chi connectivity index (χ3v) is 6.73. The minimum absolute atomic E-state index is 0.0802. The first kappa shape index (κ1) is 29.4. The van der Waals surface area contributed by atoms with Crippen LogP contribution in [0, 0.1) is 26.2 Å². The Kier molecular flexibility index (Phi) is 9.33. The van der Waals surface area contributed by atoms with Crippen LogP contribution in [0.2, 0.25) is 5.02 Å². The molecule has 1 saturated heterocycles. The normalized spacial score (nSPS) is 15.4. The van der Waals surface area contributed by atoms with Crippen molar-refractivity contribution in [1.29, 1.82) is 5.41 Å². The van der Waals surface area contributed by atoms with Crippen molar-refractivity contribution in [2.45, 2.75) is 33.3 Å². The smallest absolute Gasteiger partial charge is 0.255 e. The first-order valence-corrected chi connectivity index (χ1v) is 13.1. The Hall–Kier alpha value is -3.61. The number of aromatic nitrogens is 3. The van der Waals surface area contributed by atoms with E-state index in [2.05, 4.69) is 15.8 Å². The number of rotatable bonds is 11. The molecule has 13 heteroatoms. The molecule has 4 rings (SSSR count). The molecule has 0 unspecified atom stereocenters. The zero-order chi connectivity index (χ0) is 29.0. The number of benzene rings is 1. The van der Waals surface area contributed by atoms with Crippen LogP contribution in [0.1, 0.15) is 17.0 Å². The summed E-state index contributed by atoms with van der Waals surface area (Å²) < 4.78 is 36.4. The largest absolute Gasteiger partial charge is 0.491 e. The summed E-state index contributed by atoms with van der Waals surface area (Å²) in [6.45, 7) is 6.01. The van der Waals surface area contributed by atoms with E-state index in [-0.39, 0.29) is 13.2 Å². The Labute approximate surface area is 235 Å². The summed E-state index contributed by atoms with van der Waals surface area (Å²) in [6, 6.07) is 5.09. The maximum atomic E-state index is 12.6. The molecule has 0 spiro atoms. The van der Waals surface area contributed by atoms with Crippen molar-refractivity contribution in [3.05, 3.63) is 52.0 Å². The molecule has 0 bridgehead atoms. The van der Waals surface area contributed by atoms with Crippen LogP contribution < -0.4 is 20.3 Å². The predicted molar refractivity (Wildman–Crippen MR) is 150 cm³/mol. The Morgan fingerprint density at radius 1 is 1.23 bits per heavy atom. The Balaban J connectivity index is 1.77. The number of aliphatic hydroxyl groups is 1. The zero-order valence-corrected chi connectivity index (χ0v) is 23.4. The van der Waals surface area contributed by atoms with Crippen molar-refractivity contribution < 1.29 is 23.1 Å². The standard InChI is InChI=1S/C27H32ClF2N7O3/c1-14-25(24-15(2)36-40-16(24)3)34-26(20-7-19(5-6-21(20)28)39-13-18(38)9-32-4)35-27(14)37-11-17(22(31)12-37)8-33-10-23(29)30/h5-8,18,23,31-33,38H,9-13H2,1-4H3/b17-8-,31-22?/t18-/m1/s1. The number of likely N-dealkylation sites (N-methyl/N-ethyl adjacent to an activating group) is 1. The monoisotopic (exact) mass is 575 g/mol. The van der Waals surface area contributed by atoms with Crippen molar-refractivity contribution >= 4 is 23.1 Å². The first-order chi connectivity index (χ1) is 19.1. The Bertz CT molecular complexity index is 1390. The van der Waals surface area contributed by atoms with E-state index in [0.29, 0.717) is 69.5 Å². The van der Waals surface area contributed by atoms with E-state index in [4.69, 9.17) is 36.2 Å². The van der Waals surface area contributed by atoms with Crippen LogP contribution in [0.25, 0.3) is 22.6 Å². The van der Waals surface area contributed by atoms with Gasteiger partial charge in [0.15, 0.2) is 5.82 Å². The molecular formula is C27H32ClF2N7O3. The topological polar surface area (TPSA) is 132 Å². The molecule has 2 aromatic heterocycles. The van der Waals surface area contributed by atoms with Gasteiger partial charge in [-0.15, -0.1) is 0 Å². The van der Waals surface area contributed by atoms with Crippen LogP contribution in [0.3, 0.4) is 0 Å². The summed E-state index contributed by atoms with van der Waals surface area (Å²) in [4.78, 5) is 11.6. The van der Waals surface area contributed by atoms with Crippen LogP contribution in [0.15, 0.2) is 34.5 Å². The molecule has 1 aromatic carbocycles. The molecule has 4 N–H and O–H groups in total. The van der Waals surface area contributed by atoms with Gasteiger partial charge in [0.25, 0.3) is 6.43 Å². The molecule has 1 fully saturated rings. The number of nitrogens with one attached hydrogen (secondary N) is 3. The van der Waals surface area contributed by atoms with Crippen LogP contribution in [0.5, 0.6) is 5.75 Å². The van der Waals surface area contributed by atoms with Crippen molar-refractivity contribution in [3.63, 3.8) is 0 Å². The molecule has 0 aliphatic carbocycles. The molecule has 0 amide bonds. The minimum Gasteiger partial charge on any atom is -0.491 e. The lowest BCUT2D eigenvalue weighted by Gasteiger charge is -2.21. The van der Waals surface area contributed by atoms with E-state index < -0.39 is 19.1 Å². The number of hydrogen-bond acceptors (Lipinski definition) is 10. The fraction of sp³-hybridized carbons (Fsp3) is 0.407. The number of halogens is 3. The zero-order valence-electron chi connectivity index (χ0n) is 22.7. The average Bonchev–Trinajstić information content (AvgIpc) is 3.44. The second-order valence-electron chi connectivity index (χ2n) is 9.51. The highest BCUT2D eigenvalue weighted by Crippen LogP contribution is 2.37. The van der Waals surface area contributed by atoms with Gasteiger partial charge in [-0.05, 0) is 46.0 Å². The maximum Gasteiger partial charge on any atom is 0.255 e. The molecule has 0 saturated carbocycles. The highest BCUT2D eigenvalue weighted by atomic mass is 35.5. The van der Waals surface area contributed by atoms with Gasteiger partial charge in [0.05, 0.1) is 40.8 Å². The van der Waals surface area contributed by atoms with Gasteiger partial charge in [-0.3, -0.25) is 0 Å². The minimum atomic E-state index is -2.50. The van der Waals surface area contributed by atoms with Crippen LogP contribution in [0.4, 0.5) is 14.6 Å². The number of nitrogens with zero attached hydrogens (tertiary/aromatic N) is 4. The van der Waals surface area contributed by atoms with Gasteiger partial charge in [-0.25, -0.2) is 18.7 Å². The summed E-state index contributed by atoms with van der Waals surface area (Å²) in [7, 11) is 1.74. The van der Waals surface area contributed by atoms with E-state index >= 15 is 0 Å². The number of anilines is 1. The summed E-state index contributed by atoms with van der Waals surface area (Å²) in [5.41, 5.74) is 4.13. The molecule has 1 atom stereocenters. The number of hydrogen-bond donors (Lipinski definition) is 4. The quantitative estimate of drug-likeness (QED) is 0.268. The van der Waals surface area contributed by atoms with Gasteiger partial charge < -0.3 is 35.3 Å². The second kappa shape index (κ2) is 12.7. The molecule has 214 valence electrons. The van der Waals surface area contributed by atoms with E-state index in [1.807, 2.05) is 18.7 Å². The van der Waals surface area contributed by atoms with Crippen LogP contribution in [-0.2, 0) is 0 Å². The third kappa shape index (κ3) is 6.57. The molecule has 10 nitrogen and oxygen atoms in total. The number of ether oxygens (including phenoxy) is 1. The molecule has 3 heterocycles. The first-order valence-electron chi connectivity index (χ1n) is 12.7. The van der Waals surface area contributed by atoms with Crippen molar-refractivity contribution in [2.75, 3.05) is 44.7 Å². The van der Waals surface area contributed by atoms with E-state index in [1.54, 1.807) is 32.2 Å². The second-order valence-corrected chi connectivity index (χ2v) is 9.92. The third-order valence-electron chi connectivity index (χ3n) is 6.40. The molecule has 1 aliphatic rings. The molecule has 40 heavy (non-hydrogen) atoms. The van der Waals surface area contributed by atoms with Crippen LogP contribution >= 0.6 is 11.6 Å². The highest BCUT2D eigenvalue weighted by molar-refractivity contribution is 6.33. The van der Waals surface area contributed by atoms with Crippen molar-refractivity contribution in [3.8, 4) is 28.4 Å². The van der Waals surface area contributed by atoms with Gasteiger partial charge >= 0.3 is 0 Å². The van der Waals surface area contributed by atoms with Gasteiger partial charge in [0.1, 0.15) is 30.0 Å². The number of aliphatic hydroxyl groups excluding tert-OH is 1. The molecule has 0 radical (unpaired) electrons. The fourth-order valence-electron chi connectivity index (χ4n) is 4.45. The lowest BCUT2D eigenvalue weighted by atomic mass is 10.0. The Morgan fingerprint density at radius 2 is 2.00 bits per heavy atom. The van der Waals surface area contributed by atoms with Gasteiger partial charge in [0, 0.05) is 36.0 Å². The van der Waals surface area contributed by atoms with Gasteiger partial charge in [-0.2, -0.15) is 0 Å². The van der Waals surface area contributed by atoms with E-state index in [1.165, 1.54) is 6.20 Å². The van der Waals surface area contributed by atoms with Crippen molar-refractivity contribution in [2.24, 2.45) is 0 Å². The lowest BCUT2D eigenvalue weighted by molar-refractivity contribution is 0.108. The van der Waals surface area contributed by atoms with Gasteiger partial charge in [-0.1, -0.05) is 16.8 Å². The lowest BCUT2D eigenvalue weighted by Crippen LogP contribution is -2.29. The summed E-state index contributed by atoms with van der Waals surface area (Å²) in [6.07, 6.45) is -1.73. The van der Waals surface area contributed by atoms with Gasteiger partial charge in [0.2, 0.25) is 0 Å². The fourth-order valence-corrected chi connectivity index (χ4v) is 4.66. The maximum absolute atomic E-state index is 12.6. The predicted octanol–water partition coefficient (Wildman–Crippen LogP) is 3.91.